The Bertz CT molecular complexity index is 1270. The van der Waals surface area contributed by atoms with E-state index in [-0.39, 0.29) is 11.5 Å². The van der Waals surface area contributed by atoms with Crippen molar-refractivity contribution < 1.29 is 4.74 Å². The predicted molar refractivity (Wildman–Crippen MR) is 151 cm³/mol. The molecule has 0 spiro atoms. The lowest BCUT2D eigenvalue weighted by atomic mass is 9.77. The molecule has 3 heteroatoms. The van der Waals surface area contributed by atoms with Crippen molar-refractivity contribution >= 4 is 11.4 Å². The number of fused-ring (bicyclic) bond motifs is 1. The fraction of sp³-hybridized carbons (Fsp3) is 0.273. The second kappa shape index (κ2) is 10.5. The number of nitrogens with one attached hydrogen (secondary N) is 1. The molecule has 1 N–H and O–H groups in total. The van der Waals surface area contributed by atoms with Crippen molar-refractivity contribution in [2.24, 2.45) is 0 Å². The predicted octanol–water partition coefficient (Wildman–Crippen LogP) is 8.13. The van der Waals surface area contributed by atoms with Gasteiger partial charge in [-0.2, -0.15) is 0 Å². The van der Waals surface area contributed by atoms with Gasteiger partial charge in [-0.15, -0.1) is 0 Å². The van der Waals surface area contributed by atoms with E-state index in [1.54, 1.807) is 0 Å². The van der Waals surface area contributed by atoms with Crippen LogP contribution in [0.5, 0.6) is 5.75 Å². The van der Waals surface area contributed by atoms with Crippen LogP contribution in [0.1, 0.15) is 55.5 Å². The molecule has 1 unspecified atom stereocenters. The Morgan fingerprint density at radius 2 is 1.50 bits per heavy atom. The summed E-state index contributed by atoms with van der Waals surface area (Å²) >= 11 is 0. The molecule has 1 aliphatic rings. The Hall–Kier alpha value is -3.72. The third-order valence-electron chi connectivity index (χ3n) is 7.22. The van der Waals surface area contributed by atoms with Gasteiger partial charge in [-0.1, -0.05) is 93.6 Å². The lowest BCUT2D eigenvalue weighted by Gasteiger charge is -2.35. The Morgan fingerprint density at radius 3 is 2.19 bits per heavy atom. The van der Waals surface area contributed by atoms with Crippen LogP contribution in [0.4, 0.5) is 11.4 Å². The number of benzene rings is 4. The Balaban J connectivity index is 1.46. The van der Waals surface area contributed by atoms with Crippen molar-refractivity contribution in [3.05, 3.63) is 125 Å². The molecule has 0 saturated heterocycles. The minimum atomic E-state index is -0.0780. The molecule has 1 aliphatic heterocycles. The van der Waals surface area contributed by atoms with Gasteiger partial charge in [0.25, 0.3) is 0 Å². The fourth-order valence-corrected chi connectivity index (χ4v) is 5.39. The number of ether oxygens (including phenoxy) is 1. The zero-order valence-corrected chi connectivity index (χ0v) is 21.6. The van der Waals surface area contributed by atoms with Crippen molar-refractivity contribution in [2.45, 2.75) is 51.8 Å². The number of rotatable bonds is 9. The molecule has 1 atom stereocenters. The summed E-state index contributed by atoms with van der Waals surface area (Å²) in [7, 11) is 0. The summed E-state index contributed by atoms with van der Waals surface area (Å²) in [6.07, 6.45) is 1.12. The topological polar surface area (TPSA) is 24.5 Å². The molecule has 0 aliphatic carbocycles. The lowest BCUT2D eigenvalue weighted by molar-refractivity contribution is 0.305. The van der Waals surface area contributed by atoms with Gasteiger partial charge in [0.15, 0.2) is 0 Å². The average molecular weight is 477 g/mol. The van der Waals surface area contributed by atoms with E-state index in [4.69, 9.17) is 4.74 Å². The van der Waals surface area contributed by atoms with Crippen LogP contribution in [-0.2, 0) is 18.6 Å². The molecular formula is C33H36N2O. The molecule has 0 radical (unpaired) electrons. The van der Waals surface area contributed by atoms with Gasteiger partial charge in [-0.05, 0) is 59.0 Å². The highest BCUT2D eigenvalue weighted by atomic mass is 16.5. The van der Waals surface area contributed by atoms with Gasteiger partial charge in [0.2, 0.25) is 0 Å². The molecule has 5 rings (SSSR count). The lowest BCUT2D eigenvalue weighted by Crippen LogP contribution is -2.33. The van der Waals surface area contributed by atoms with Crippen molar-refractivity contribution in [3.63, 3.8) is 0 Å². The van der Waals surface area contributed by atoms with Crippen LogP contribution in [-0.4, -0.2) is 6.54 Å². The van der Waals surface area contributed by atoms with Gasteiger partial charge in [-0.25, -0.2) is 0 Å². The quantitative estimate of drug-likeness (QED) is 0.264. The maximum Gasteiger partial charge on any atom is 0.120 e. The maximum atomic E-state index is 6.23. The summed E-state index contributed by atoms with van der Waals surface area (Å²) in [4.78, 5) is 2.57. The minimum Gasteiger partial charge on any atom is -0.489 e. The summed E-state index contributed by atoms with van der Waals surface area (Å²) in [5.41, 5.74) is 7.56. The molecule has 1 heterocycles. The van der Waals surface area contributed by atoms with E-state index < -0.39 is 0 Å². The minimum absolute atomic E-state index is 0.0780. The normalized spacial score (nSPS) is 16.0. The molecule has 0 fully saturated rings. The largest absolute Gasteiger partial charge is 0.489 e. The maximum absolute atomic E-state index is 6.23. The van der Waals surface area contributed by atoms with Gasteiger partial charge in [0.1, 0.15) is 12.4 Å². The van der Waals surface area contributed by atoms with E-state index >= 15 is 0 Å². The molecule has 4 aromatic carbocycles. The van der Waals surface area contributed by atoms with Crippen LogP contribution in [0.15, 0.2) is 103 Å². The third-order valence-corrected chi connectivity index (χ3v) is 7.22. The van der Waals surface area contributed by atoms with Gasteiger partial charge < -0.3 is 15.0 Å². The Morgan fingerprint density at radius 1 is 0.806 bits per heavy atom. The summed E-state index contributed by atoms with van der Waals surface area (Å²) in [5, 5.41) is 3.48. The van der Waals surface area contributed by atoms with Crippen molar-refractivity contribution in [1.29, 1.82) is 0 Å². The number of nitrogens with zero attached hydrogens (tertiary/aromatic N) is 1. The second-order valence-corrected chi connectivity index (χ2v) is 10.2. The van der Waals surface area contributed by atoms with E-state index in [1.807, 2.05) is 6.07 Å². The van der Waals surface area contributed by atoms with Crippen molar-refractivity contribution in [2.75, 3.05) is 16.8 Å². The van der Waals surface area contributed by atoms with Crippen LogP contribution in [0, 0.1) is 0 Å². The monoisotopic (exact) mass is 476 g/mol. The van der Waals surface area contributed by atoms with Crippen molar-refractivity contribution in [1.82, 2.24) is 0 Å². The molecule has 36 heavy (non-hydrogen) atoms. The molecule has 0 saturated carbocycles. The van der Waals surface area contributed by atoms with Crippen LogP contribution in [0.3, 0.4) is 0 Å². The van der Waals surface area contributed by atoms with E-state index in [9.17, 15) is 0 Å². The third kappa shape index (κ3) is 4.97. The van der Waals surface area contributed by atoms with Gasteiger partial charge >= 0.3 is 0 Å². The second-order valence-electron chi connectivity index (χ2n) is 10.2. The van der Waals surface area contributed by atoms with E-state index in [0.717, 1.165) is 25.3 Å². The molecule has 0 amide bonds. The van der Waals surface area contributed by atoms with Crippen molar-refractivity contribution in [3.8, 4) is 5.75 Å². The van der Waals surface area contributed by atoms with Crippen LogP contribution >= 0.6 is 0 Å². The standard InChI is InChI=1S/C33H36N2O/c1-4-21-34-28-17-15-25(16-18-28)23-35-31-20-19-29(36-24-26-11-7-5-8-12-26)22-30(31)33(2,3)32(35)27-13-9-6-10-14-27/h5-20,22,32,34H,4,21,23-24H2,1-3H3. The molecular weight excluding hydrogens is 440 g/mol. The first-order valence-electron chi connectivity index (χ1n) is 13.0. The van der Waals surface area contributed by atoms with Crippen LogP contribution in [0.2, 0.25) is 0 Å². The van der Waals surface area contributed by atoms with E-state index in [0.29, 0.717) is 6.61 Å². The molecule has 184 valence electrons. The van der Waals surface area contributed by atoms with Gasteiger partial charge in [0, 0.05) is 29.9 Å². The zero-order chi connectivity index (χ0) is 25.0. The fourth-order valence-electron chi connectivity index (χ4n) is 5.39. The number of hydrogen-bond acceptors (Lipinski definition) is 3. The van der Waals surface area contributed by atoms with Gasteiger partial charge in [-0.3, -0.25) is 0 Å². The first kappa shape index (κ1) is 24.0. The van der Waals surface area contributed by atoms with E-state index in [2.05, 4.69) is 128 Å². The number of anilines is 2. The zero-order valence-electron chi connectivity index (χ0n) is 21.6. The SMILES string of the molecule is CCCNc1ccc(CN2c3ccc(OCc4ccccc4)cc3C(C)(C)C2c2ccccc2)cc1. The molecule has 4 aromatic rings. The molecule has 3 nitrogen and oxygen atoms in total. The average Bonchev–Trinajstić information content (AvgIpc) is 3.13. The van der Waals surface area contributed by atoms with Crippen LogP contribution < -0.4 is 15.0 Å². The Labute approximate surface area is 215 Å². The Kier molecular flexibility index (Phi) is 6.99. The summed E-state index contributed by atoms with van der Waals surface area (Å²) in [6, 6.07) is 37.0. The summed E-state index contributed by atoms with van der Waals surface area (Å²) in [5.74, 6) is 0.922. The molecule has 0 bridgehead atoms. The summed E-state index contributed by atoms with van der Waals surface area (Å²) in [6.45, 7) is 9.34. The van der Waals surface area contributed by atoms with E-state index in [1.165, 1.54) is 33.6 Å². The molecule has 0 aromatic heterocycles. The highest BCUT2D eigenvalue weighted by molar-refractivity contribution is 5.67. The summed E-state index contributed by atoms with van der Waals surface area (Å²) < 4.78 is 6.23. The highest BCUT2D eigenvalue weighted by Crippen LogP contribution is 2.54. The van der Waals surface area contributed by atoms with Crippen LogP contribution in [0.25, 0.3) is 0 Å². The number of hydrogen-bond donors (Lipinski definition) is 1. The first-order chi connectivity index (χ1) is 17.6. The highest BCUT2D eigenvalue weighted by Gasteiger charge is 2.45. The smallest absolute Gasteiger partial charge is 0.120 e. The first-order valence-corrected chi connectivity index (χ1v) is 13.0. The van der Waals surface area contributed by atoms with Gasteiger partial charge in [0.05, 0.1) is 6.04 Å².